The number of carbonyl (C=O) groups excluding carboxylic acids is 2. The molecular weight excluding hydrogens is 364 g/mol. The molecule has 1 aliphatic rings. The molecule has 29 heavy (non-hydrogen) atoms. The molecule has 0 spiro atoms. The van der Waals surface area contributed by atoms with E-state index in [1.54, 1.807) is 11.8 Å². The highest BCUT2D eigenvalue weighted by atomic mass is 16.5. The van der Waals surface area contributed by atoms with E-state index in [2.05, 4.69) is 42.7 Å². The molecule has 1 aromatic carbocycles. The van der Waals surface area contributed by atoms with Crippen molar-refractivity contribution >= 4 is 18.0 Å². The average Bonchev–Trinajstić information content (AvgIpc) is 3.09. The van der Waals surface area contributed by atoms with Gasteiger partial charge in [-0.15, -0.1) is 0 Å². The van der Waals surface area contributed by atoms with Gasteiger partial charge in [-0.1, -0.05) is 12.1 Å². The fraction of sp³-hybridized carbons (Fsp3) is 0.333. The molecule has 0 saturated heterocycles. The largest absolute Gasteiger partial charge is 0.465 e. The Hall–Kier alpha value is -3.08. The normalized spacial score (nSPS) is 15.6. The van der Waals surface area contributed by atoms with Gasteiger partial charge in [-0.2, -0.15) is 0 Å². The molecule has 3 rings (SSSR count). The minimum absolute atomic E-state index is 0.165. The van der Waals surface area contributed by atoms with Crippen LogP contribution in [0.25, 0.3) is 11.8 Å². The second-order valence-electron chi connectivity index (χ2n) is 7.51. The van der Waals surface area contributed by atoms with Gasteiger partial charge in [0.25, 0.3) is 5.91 Å². The van der Waals surface area contributed by atoms with Gasteiger partial charge in [0.05, 0.1) is 18.3 Å². The molecule has 1 aliphatic heterocycles. The van der Waals surface area contributed by atoms with Gasteiger partial charge in [0, 0.05) is 29.3 Å². The Kier molecular flexibility index (Phi) is 5.51. The minimum Gasteiger partial charge on any atom is -0.465 e. The van der Waals surface area contributed by atoms with E-state index >= 15 is 0 Å². The molecular formula is C24H28N2O3. The van der Waals surface area contributed by atoms with Crippen LogP contribution >= 0.6 is 0 Å². The molecule has 0 radical (unpaired) electrons. The van der Waals surface area contributed by atoms with Crippen molar-refractivity contribution in [3.05, 3.63) is 69.2 Å². The molecule has 1 amide bonds. The number of amides is 1. The molecule has 152 valence electrons. The van der Waals surface area contributed by atoms with Gasteiger partial charge in [0.1, 0.15) is 0 Å². The predicted octanol–water partition coefficient (Wildman–Crippen LogP) is 4.40. The van der Waals surface area contributed by atoms with Crippen LogP contribution in [0.4, 0.5) is 0 Å². The molecule has 2 aromatic rings. The number of hydrogen-bond acceptors (Lipinski definition) is 3. The number of benzene rings is 1. The van der Waals surface area contributed by atoms with Crippen molar-refractivity contribution in [2.24, 2.45) is 0 Å². The van der Waals surface area contributed by atoms with E-state index in [-0.39, 0.29) is 5.91 Å². The molecule has 0 saturated carbocycles. The molecule has 0 N–H and O–H groups in total. The summed E-state index contributed by atoms with van der Waals surface area (Å²) in [4.78, 5) is 27.0. The monoisotopic (exact) mass is 392 g/mol. The first kappa shape index (κ1) is 20.6. The van der Waals surface area contributed by atoms with Crippen LogP contribution in [0.3, 0.4) is 0 Å². The maximum Gasteiger partial charge on any atom is 0.340 e. The topological polar surface area (TPSA) is 51.5 Å². The van der Waals surface area contributed by atoms with Crippen LogP contribution in [0, 0.1) is 27.7 Å². The lowest BCUT2D eigenvalue weighted by atomic mass is 10.0. The van der Waals surface area contributed by atoms with Gasteiger partial charge in [-0.05, 0) is 76.4 Å². The van der Waals surface area contributed by atoms with Gasteiger partial charge in [-0.25, -0.2) is 4.79 Å². The number of carbonyl (C=O) groups is 2. The van der Waals surface area contributed by atoms with E-state index in [1.165, 1.54) is 18.2 Å². The summed E-state index contributed by atoms with van der Waals surface area (Å²) in [5.41, 5.74) is 7.86. The lowest BCUT2D eigenvalue weighted by molar-refractivity contribution is -0.136. The zero-order valence-electron chi connectivity index (χ0n) is 18.2. The fourth-order valence-electron chi connectivity index (χ4n) is 4.03. The van der Waals surface area contributed by atoms with Crippen LogP contribution in [-0.4, -0.2) is 35.0 Å². The summed E-state index contributed by atoms with van der Waals surface area (Å²) in [6.07, 6.45) is 1.82. The molecule has 5 nitrogen and oxygen atoms in total. The van der Waals surface area contributed by atoms with Crippen LogP contribution < -0.4 is 0 Å². The second kappa shape index (κ2) is 7.74. The van der Waals surface area contributed by atoms with Gasteiger partial charge in [-0.3, -0.25) is 4.79 Å². The van der Waals surface area contributed by atoms with Gasteiger partial charge < -0.3 is 14.2 Å². The summed E-state index contributed by atoms with van der Waals surface area (Å²) in [5.74, 6) is -0.650. The van der Waals surface area contributed by atoms with Crippen LogP contribution in [0.5, 0.6) is 0 Å². The first-order valence-electron chi connectivity index (χ1n) is 9.80. The standard InChI is InChI=1S/C24H28N2O3/c1-8-25-18(6)22(24(28)29-7)20(23(25)27)13-19-12-16(4)26(17(19)5)21-11-14(2)9-10-15(21)3/h9-13H,8H2,1-7H3/b20-13-. The number of likely N-dealkylation sites (N-methyl/N-ethyl adjacent to an activating group) is 1. The third-order valence-corrected chi connectivity index (χ3v) is 5.59. The predicted molar refractivity (Wildman–Crippen MR) is 115 cm³/mol. The number of allylic oxidation sites excluding steroid dienone is 1. The van der Waals surface area contributed by atoms with Gasteiger partial charge in [0.2, 0.25) is 0 Å². The Morgan fingerprint density at radius 1 is 1.10 bits per heavy atom. The van der Waals surface area contributed by atoms with Crippen molar-refractivity contribution in [3.8, 4) is 5.69 Å². The van der Waals surface area contributed by atoms with E-state index in [9.17, 15) is 9.59 Å². The Morgan fingerprint density at radius 3 is 2.41 bits per heavy atom. The number of aromatic nitrogens is 1. The zero-order valence-corrected chi connectivity index (χ0v) is 18.2. The van der Waals surface area contributed by atoms with E-state index < -0.39 is 5.97 Å². The number of nitrogens with zero attached hydrogens (tertiary/aromatic N) is 2. The first-order chi connectivity index (χ1) is 13.7. The number of methoxy groups -OCH3 is 1. The molecule has 5 heteroatoms. The quantitative estimate of drug-likeness (QED) is 0.572. The Labute approximate surface area is 172 Å². The Balaban J connectivity index is 2.18. The summed E-state index contributed by atoms with van der Waals surface area (Å²) in [5, 5.41) is 0. The van der Waals surface area contributed by atoms with Crippen molar-refractivity contribution in [1.82, 2.24) is 9.47 Å². The molecule has 0 fully saturated rings. The SMILES string of the molecule is CCN1C(=O)/C(=C\c2cc(C)n(-c3cc(C)ccc3C)c2C)C(C(=O)OC)=C1C. The van der Waals surface area contributed by atoms with E-state index in [1.807, 2.05) is 26.8 Å². The van der Waals surface area contributed by atoms with Crippen molar-refractivity contribution in [2.45, 2.75) is 41.5 Å². The highest BCUT2D eigenvalue weighted by molar-refractivity contribution is 6.16. The van der Waals surface area contributed by atoms with Crippen LogP contribution in [0.2, 0.25) is 0 Å². The van der Waals surface area contributed by atoms with Crippen LogP contribution in [-0.2, 0) is 14.3 Å². The Bertz CT molecular complexity index is 1070. The second-order valence-corrected chi connectivity index (χ2v) is 7.51. The molecule has 0 unspecified atom stereocenters. The summed E-state index contributed by atoms with van der Waals surface area (Å²) in [6.45, 7) is 12.4. The van der Waals surface area contributed by atoms with Crippen molar-refractivity contribution in [2.75, 3.05) is 13.7 Å². The van der Waals surface area contributed by atoms with Crippen LogP contribution in [0.1, 0.15) is 41.9 Å². The number of rotatable bonds is 4. The molecule has 0 atom stereocenters. The first-order valence-corrected chi connectivity index (χ1v) is 9.80. The maximum absolute atomic E-state index is 13.0. The smallest absolute Gasteiger partial charge is 0.340 e. The average molecular weight is 392 g/mol. The summed E-state index contributed by atoms with van der Waals surface area (Å²) >= 11 is 0. The maximum atomic E-state index is 13.0. The molecule has 1 aromatic heterocycles. The van der Waals surface area contributed by atoms with E-state index in [0.29, 0.717) is 23.4 Å². The molecule has 0 bridgehead atoms. The fourth-order valence-corrected chi connectivity index (χ4v) is 4.03. The third-order valence-electron chi connectivity index (χ3n) is 5.59. The summed E-state index contributed by atoms with van der Waals surface area (Å²) in [7, 11) is 1.34. The summed E-state index contributed by atoms with van der Waals surface area (Å²) in [6, 6.07) is 8.43. The van der Waals surface area contributed by atoms with E-state index in [0.717, 1.165) is 22.6 Å². The zero-order chi connectivity index (χ0) is 21.5. The summed E-state index contributed by atoms with van der Waals surface area (Å²) < 4.78 is 7.14. The lowest BCUT2D eigenvalue weighted by Crippen LogP contribution is -2.24. The van der Waals surface area contributed by atoms with Gasteiger partial charge >= 0.3 is 5.97 Å². The number of ether oxygens (including phenoxy) is 1. The lowest BCUT2D eigenvalue weighted by Gasteiger charge is -2.14. The third kappa shape index (κ3) is 3.41. The van der Waals surface area contributed by atoms with Crippen molar-refractivity contribution in [1.29, 1.82) is 0 Å². The van der Waals surface area contributed by atoms with Crippen molar-refractivity contribution in [3.63, 3.8) is 0 Å². The highest BCUT2D eigenvalue weighted by Crippen LogP contribution is 2.33. The number of esters is 1. The Morgan fingerprint density at radius 2 is 1.79 bits per heavy atom. The van der Waals surface area contributed by atoms with Crippen LogP contribution in [0.15, 0.2) is 41.1 Å². The highest BCUT2D eigenvalue weighted by Gasteiger charge is 2.36. The molecule has 0 aliphatic carbocycles. The number of hydrogen-bond donors (Lipinski definition) is 0. The van der Waals surface area contributed by atoms with E-state index in [4.69, 9.17) is 4.74 Å². The van der Waals surface area contributed by atoms with Crippen molar-refractivity contribution < 1.29 is 14.3 Å². The molecule has 2 heterocycles. The number of aryl methyl sites for hydroxylation is 3. The van der Waals surface area contributed by atoms with Gasteiger partial charge in [0.15, 0.2) is 0 Å². The minimum atomic E-state index is -0.485.